The first-order valence-electron chi connectivity index (χ1n) is 10.9. The zero-order valence-electron chi connectivity index (χ0n) is 17.8. The lowest BCUT2D eigenvalue weighted by atomic mass is 10.0. The highest BCUT2D eigenvalue weighted by atomic mass is 28.4. The van der Waals surface area contributed by atoms with Crippen LogP contribution in [0.4, 0.5) is 0 Å². The summed E-state index contributed by atoms with van der Waals surface area (Å²) in [6.45, 7) is 8.79. The van der Waals surface area contributed by atoms with Crippen LogP contribution in [0.1, 0.15) is 59.3 Å². The smallest absolute Gasteiger partial charge is 0.261 e. The molecule has 2 nitrogen and oxygen atoms in total. The summed E-state index contributed by atoms with van der Waals surface area (Å²) in [6, 6.07) is 21.8. The number of unbranched alkanes of at least 4 members (excludes halogenated alkanes) is 1. The van der Waals surface area contributed by atoms with Crippen molar-refractivity contribution in [2.24, 2.45) is 0 Å². The summed E-state index contributed by atoms with van der Waals surface area (Å²) in [6.07, 6.45) is 7.71. The van der Waals surface area contributed by atoms with Gasteiger partial charge in [-0.15, -0.1) is 0 Å². The van der Waals surface area contributed by atoms with E-state index < -0.39 is 8.32 Å². The molecule has 0 aliphatic carbocycles. The van der Waals surface area contributed by atoms with E-state index in [1.165, 1.54) is 42.5 Å². The quantitative estimate of drug-likeness (QED) is 0.445. The van der Waals surface area contributed by atoms with Crippen LogP contribution in [0.25, 0.3) is 0 Å². The first kappa shape index (κ1) is 21.3. The maximum atomic E-state index is 6.95. The Morgan fingerprint density at radius 3 is 2.00 bits per heavy atom. The average Bonchev–Trinajstić information content (AvgIpc) is 2.72. The third-order valence-corrected chi connectivity index (χ3v) is 11.0. The molecule has 3 heteroatoms. The lowest BCUT2D eigenvalue weighted by Gasteiger charge is -2.43. The summed E-state index contributed by atoms with van der Waals surface area (Å²) in [5.74, 6) is 0. The Morgan fingerprint density at radius 1 is 0.893 bits per heavy atom. The standard InChI is InChI=1S/C25H36O2Si/c1-25(2,3)28(23-16-6-4-7-17-23,24-18-8-5-9-19-24)27-21-13-11-15-22-14-10-12-20-26-22/h4-9,16-19,22H,10-15,20-21H2,1-3H3. The van der Waals surface area contributed by atoms with Gasteiger partial charge in [0.2, 0.25) is 0 Å². The highest BCUT2D eigenvalue weighted by molar-refractivity contribution is 6.99. The Hall–Kier alpha value is -1.42. The van der Waals surface area contributed by atoms with Crippen LogP contribution >= 0.6 is 0 Å². The molecular weight excluding hydrogens is 360 g/mol. The normalized spacial score (nSPS) is 18.2. The van der Waals surface area contributed by atoms with Gasteiger partial charge in [0, 0.05) is 13.2 Å². The van der Waals surface area contributed by atoms with Crippen LogP contribution in [0.3, 0.4) is 0 Å². The Kier molecular flexibility index (Phi) is 7.50. The molecule has 1 aliphatic heterocycles. The first-order chi connectivity index (χ1) is 13.5. The van der Waals surface area contributed by atoms with Crippen LogP contribution in [0.5, 0.6) is 0 Å². The average molecular weight is 397 g/mol. The molecule has 0 radical (unpaired) electrons. The molecule has 1 unspecified atom stereocenters. The number of hydrogen-bond acceptors (Lipinski definition) is 2. The van der Waals surface area contributed by atoms with Crippen LogP contribution in [0.2, 0.25) is 5.04 Å². The van der Waals surface area contributed by atoms with E-state index in [0.29, 0.717) is 6.10 Å². The highest BCUT2D eigenvalue weighted by Gasteiger charge is 2.49. The minimum Gasteiger partial charge on any atom is -0.407 e. The number of ether oxygens (including phenoxy) is 1. The van der Waals surface area contributed by atoms with E-state index in [1.54, 1.807) is 0 Å². The second-order valence-electron chi connectivity index (χ2n) is 9.00. The topological polar surface area (TPSA) is 18.5 Å². The van der Waals surface area contributed by atoms with E-state index >= 15 is 0 Å². The third-order valence-electron chi connectivity index (χ3n) is 5.93. The predicted octanol–water partition coefficient (Wildman–Crippen LogP) is 5.30. The summed E-state index contributed by atoms with van der Waals surface area (Å²) >= 11 is 0. The SMILES string of the molecule is CC(C)(C)[Si](OCCCCC1CCCCO1)(c1ccccc1)c1ccccc1. The van der Waals surface area contributed by atoms with Crippen molar-refractivity contribution in [2.45, 2.75) is 70.4 Å². The number of hydrogen-bond donors (Lipinski definition) is 0. The molecule has 2 aromatic carbocycles. The number of rotatable bonds is 8. The Bertz CT molecular complexity index is 648. The molecule has 28 heavy (non-hydrogen) atoms. The fraction of sp³-hybridized carbons (Fsp3) is 0.520. The van der Waals surface area contributed by atoms with Crippen molar-refractivity contribution in [3.63, 3.8) is 0 Å². The Morgan fingerprint density at radius 2 is 1.50 bits per heavy atom. The summed E-state index contributed by atoms with van der Waals surface area (Å²) in [4.78, 5) is 0. The van der Waals surface area contributed by atoms with Crippen molar-refractivity contribution in [1.29, 1.82) is 0 Å². The van der Waals surface area contributed by atoms with Crippen LogP contribution < -0.4 is 10.4 Å². The zero-order valence-corrected chi connectivity index (χ0v) is 18.8. The second kappa shape index (κ2) is 9.86. The van der Waals surface area contributed by atoms with Gasteiger partial charge in [0.05, 0.1) is 6.10 Å². The fourth-order valence-electron chi connectivity index (χ4n) is 4.50. The number of benzene rings is 2. The van der Waals surface area contributed by atoms with E-state index in [4.69, 9.17) is 9.16 Å². The Balaban J connectivity index is 1.74. The maximum Gasteiger partial charge on any atom is 0.261 e. The van der Waals surface area contributed by atoms with Crippen LogP contribution in [0, 0.1) is 0 Å². The lowest BCUT2D eigenvalue weighted by molar-refractivity contribution is 0.00935. The molecule has 1 atom stereocenters. The van der Waals surface area contributed by atoms with Crippen molar-refractivity contribution < 1.29 is 9.16 Å². The summed E-state index contributed by atoms with van der Waals surface area (Å²) in [5, 5.41) is 2.79. The Labute approximate surface area is 172 Å². The van der Waals surface area contributed by atoms with Gasteiger partial charge in [0.15, 0.2) is 0 Å². The molecule has 0 bridgehead atoms. The van der Waals surface area contributed by atoms with Gasteiger partial charge >= 0.3 is 0 Å². The van der Waals surface area contributed by atoms with E-state index in [1.807, 2.05) is 0 Å². The van der Waals surface area contributed by atoms with Crippen LogP contribution in [0.15, 0.2) is 60.7 Å². The molecular formula is C25H36O2Si. The van der Waals surface area contributed by atoms with Crippen molar-refractivity contribution in [1.82, 2.24) is 0 Å². The molecule has 1 aliphatic rings. The van der Waals surface area contributed by atoms with Gasteiger partial charge in [-0.2, -0.15) is 0 Å². The van der Waals surface area contributed by atoms with Crippen molar-refractivity contribution in [3.05, 3.63) is 60.7 Å². The molecule has 0 aromatic heterocycles. The molecule has 0 N–H and O–H groups in total. The minimum atomic E-state index is -2.37. The predicted molar refractivity (Wildman–Crippen MR) is 121 cm³/mol. The molecule has 0 saturated carbocycles. The molecule has 0 spiro atoms. The van der Waals surface area contributed by atoms with Crippen molar-refractivity contribution >= 4 is 18.7 Å². The summed E-state index contributed by atoms with van der Waals surface area (Å²) in [5.41, 5.74) is 0. The minimum absolute atomic E-state index is 0.0577. The van der Waals surface area contributed by atoms with Crippen LogP contribution in [-0.4, -0.2) is 27.6 Å². The van der Waals surface area contributed by atoms with E-state index in [2.05, 4.69) is 81.4 Å². The monoisotopic (exact) mass is 396 g/mol. The van der Waals surface area contributed by atoms with Gasteiger partial charge in [-0.3, -0.25) is 0 Å². The molecule has 1 heterocycles. The van der Waals surface area contributed by atoms with Gasteiger partial charge in [-0.25, -0.2) is 0 Å². The molecule has 3 rings (SSSR count). The molecule has 2 aromatic rings. The second-order valence-corrected chi connectivity index (χ2v) is 13.3. The molecule has 1 fully saturated rings. The maximum absolute atomic E-state index is 6.95. The first-order valence-corrected chi connectivity index (χ1v) is 12.8. The van der Waals surface area contributed by atoms with Gasteiger partial charge in [-0.1, -0.05) is 81.4 Å². The van der Waals surface area contributed by atoms with Gasteiger partial charge in [-0.05, 0) is 53.9 Å². The molecule has 1 saturated heterocycles. The van der Waals surface area contributed by atoms with E-state index in [-0.39, 0.29) is 5.04 Å². The largest absolute Gasteiger partial charge is 0.407 e. The van der Waals surface area contributed by atoms with Gasteiger partial charge in [0.1, 0.15) is 0 Å². The highest BCUT2D eigenvalue weighted by Crippen LogP contribution is 2.36. The van der Waals surface area contributed by atoms with E-state index in [9.17, 15) is 0 Å². The van der Waals surface area contributed by atoms with E-state index in [0.717, 1.165) is 19.6 Å². The molecule has 152 valence electrons. The summed E-state index contributed by atoms with van der Waals surface area (Å²) < 4.78 is 12.8. The third kappa shape index (κ3) is 4.94. The van der Waals surface area contributed by atoms with Gasteiger partial charge in [0.25, 0.3) is 8.32 Å². The van der Waals surface area contributed by atoms with Crippen LogP contribution in [-0.2, 0) is 9.16 Å². The van der Waals surface area contributed by atoms with Crippen molar-refractivity contribution in [2.75, 3.05) is 13.2 Å². The van der Waals surface area contributed by atoms with Crippen molar-refractivity contribution in [3.8, 4) is 0 Å². The zero-order chi connectivity index (χ0) is 19.9. The molecule has 0 amide bonds. The van der Waals surface area contributed by atoms with Gasteiger partial charge < -0.3 is 9.16 Å². The summed E-state index contributed by atoms with van der Waals surface area (Å²) in [7, 11) is -2.37. The fourth-order valence-corrected chi connectivity index (χ4v) is 9.10. The lowest BCUT2D eigenvalue weighted by Crippen LogP contribution is -2.66.